The highest BCUT2D eigenvalue weighted by atomic mass is 32.2. The minimum Gasteiger partial charge on any atom is -0.336 e. The summed E-state index contributed by atoms with van der Waals surface area (Å²) in [7, 11) is -3.63. The van der Waals surface area contributed by atoms with Crippen LogP contribution in [-0.4, -0.2) is 65.7 Å². The van der Waals surface area contributed by atoms with Gasteiger partial charge in [0.05, 0.1) is 11.4 Å². The zero-order valence-electron chi connectivity index (χ0n) is 16.0. The molecule has 2 fully saturated rings. The maximum absolute atomic E-state index is 13.3. The number of carbonyl (C=O) groups is 1. The molecule has 1 unspecified atom stereocenters. The van der Waals surface area contributed by atoms with Crippen LogP contribution in [0.3, 0.4) is 0 Å². The zero-order chi connectivity index (χ0) is 19.1. The standard InChI is InChI=1S/C17H29N5O3S/c1-12(2)10-22-14(4)16(13(3)19-22)26(24,25)20-8-5-6-15(11-20)21-9-7-18-17(21)23/h12,15H,5-11H2,1-4H3,(H,18,23). The van der Waals surface area contributed by atoms with Crippen LogP contribution in [0, 0.1) is 19.8 Å². The van der Waals surface area contributed by atoms with Gasteiger partial charge >= 0.3 is 6.03 Å². The summed E-state index contributed by atoms with van der Waals surface area (Å²) < 4.78 is 30.0. The van der Waals surface area contributed by atoms with E-state index in [4.69, 9.17) is 0 Å². The van der Waals surface area contributed by atoms with Crippen molar-refractivity contribution in [2.24, 2.45) is 5.92 Å². The lowest BCUT2D eigenvalue weighted by molar-refractivity contribution is 0.163. The van der Waals surface area contributed by atoms with Crippen molar-refractivity contribution < 1.29 is 13.2 Å². The Kier molecular flexibility index (Phi) is 5.30. The van der Waals surface area contributed by atoms with Crippen molar-refractivity contribution in [2.45, 2.75) is 58.0 Å². The van der Waals surface area contributed by atoms with E-state index >= 15 is 0 Å². The van der Waals surface area contributed by atoms with E-state index in [-0.39, 0.29) is 12.1 Å². The van der Waals surface area contributed by atoms with Crippen LogP contribution in [0.25, 0.3) is 0 Å². The fourth-order valence-electron chi connectivity index (χ4n) is 3.93. The van der Waals surface area contributed by atoms with Crippen molar-refractivity contribution in [2.75, 3.05) is 26.2 Å². The third-order valence-electron chi connectivity index (χ3n) is 5.14. The van der Waals surface area contributed by atoms with Gasteiger partial charge in [-0.3, -0.25) is 4.68 Å². The largest absolute Gasteiger partial charge is 0.336 e. The lowest BCUT2D eigenvalue weighted by Crippen LogP contribution is -2.50. The third-order valence-corrected chi connectivity index (χ3v) is 7.26. The number of nitrogens with zero attached hydrogens (tertiary/aromatic N) is 4. The molecule has 0 saturated carbocycles. The molecule has 0 radical (unpaired) electrons. The van der Waals surface area contributed by atoms with Gasteiger partial charge in [0.25, 0.3) is 0 Å². The molecule has 2 saturated heterocycles. The molecule has 0 spiro atoms. The van der Waals surface area contributed by atoms with Crippen molar-refractivity contribution in [3.63, 3.8) is 0 Å². The molecule has 2 aliphatic rings. The molecule has 1 aromatic rings. The zero-order valence-corrected chi connectivity index (χ0v) is 16.8. The number of aromatic nitrogens is 2. The summed E-state index contributed by atoms with van der Waals surface area (Å²) in [5.41, 5.74) is 1.24. The van der Waals surface area contributed by atoms with E-state index in [1.165, 1.54) is 4.31 Å². The fourth-order valence-corrected chi connectivity index (χ4v) is 5.82. The molecule has 8 nitrogen and oxygen atoms in total. The Morgan fingerprint density at radius 3 is 2.62 bits per heavy atom. The van der Waals surface area contributed by atoms with Crippen LogP contribution in [0.4, 0.5) is 4.79 Å². The predicted molar refractivity (Wildman–Crippen MR) is 98.4 cm³/mol. The summed E-state index contributed by atoms with van der Waals surface area (Å²) in [5, 5.41) is 7.25. The van der Waals surface area contributed by atoms with E-state index < -0.39 is 10.0 Å². The Hall–Kier alpha value is -1.61. The van der Waals surface area contributed by atoms with E-state index in [2.05, 4.69) is 24.3 Å². The highest BCUT2D eigenvalue weighted by molar-refractivity contribution is 7.89. The molecule has 1 aromatic heterocycles. The lowest BCUT2D eigenvalue weighted by Gasteiger charge is -2.36. The highest BCUT2D eigenvalue weighted by Gasteiger charge is 2.38. The normalized spacial score (nSPS) is 22.3. The first-order chi connectivity index (χ1) is 12.2. The number of rotatable bonds is 5. The molecule has 3 heterocycles. The van der Waals surface area contributed by atoms with Crippen LogP contribution in [0.5, 0.6) is 0 Å². The van der Waals surface area contributed by atoms with Crippen molar-refractivity contribution in [1.82, 2.24) is 24.3 Å². The maximum atomic E-state index is 13.3. The average molecular weight is 384 g/mol. The third kappa shape index (κ3) is 3.46. The smallest absolute Gasteiger partial charge is 0.317 e. The number of amides is 2. The van der Waals surface area contributed by atoms with Crippen LogP contribution < -0.4 is 5.32 Å². The molecule has 2 amide bonds. The Balaban J connectivity index is 1.86. The number of nitrogens with one attached hydrogen (secondary N) is 1. The number of carbonyl (C=O) groups excluding carboxylic acids is 1. The van der Waals surface area contributed by atoms with Gasteiger partial charge in [0.1, 0.15) is 4.90 Å². The summed E-state index contributed by atoms with van der Waals surface area (Å²) in [5.74, 6) is 0.386. The van der Waals surface area contributed by atoms with Gasteiger partial charge in [-0.1, -0.05) is 13.8 Å². The van der Waals surface area contributed by atoms with Gasteiger partial charge in [0.15, 0.2) is 0 Å². The monoisotopic (exact) mass is 383 g/mol. The van der Waals surface area contributed by atoms with Gasteiger partial charge < -0.3 is 10.2 Å². The molecule has 3 rings (SSSR count). The number of hydrogen-bond donors (Lipinski definition) is 1. The number of piperidine rings is 1. The van der Waals surface area contributed by atoms with Crippen molar-refractivity contribution in [1.29, 1.82) is 0 Å². The summed E-state index contributed by atoms with van der Waals surface area (Å²) in [4.78, 5) is 14.0. The second kappa shape index (κ2) is 7.19. The van der Waals surface area contributed by atoms with Gasteiger partial charge in [-0.05, 0) is 32.6 Å². The molecular weight excluding hydrogens is 354 g/mol. The van der Waals surface area contributed by atoms with Gasteiger partial charge in [-0.15, -0.1) is 0 Å². The van der Waals surface area contributed by atoms with E-state index in [9.17, 15) is 13.2 Å². The van der Waals surface area contributed by atoms with Crippen LogP contribution in [-0.2, 0) is 16.6 Å². The minimum absolute atomic E-state index is 0.0626. The molecule has 26 heavy (non-hydrogen) atoms. The van der Waals surface area contributed by atoms with E-state index in [1.54, 1.807) is 16.5 Å². The first kappa shape index (κ1) is 19.2. The van der Waals surface area contributed by atoms with Crippen molar-refractivity contribution in [3.05, 3.63) is 11.4 Å². The Morgan fingerprint density at radius 2 is 2.00 bits per heavy atom. The molecule has 1 N–H and O–H groups in total. The van der Waals surface area contributed by atoms with Gasteiger partial charge in [0, 0.05) is 38.8 Å². The SMILES string of the molecule is Cc1nn(CC(C)C)c(C)c1S(=O)(=O)N1CCCC(N2CCNC2=O)C1. The summed E-state index contributed by atoms with van der Waals surface area (Å²) >= 11 is 0. The predicted octanol–water partition coefficient (Wildman–Crippen LogP) is 1.33. The highest BCUT2D eigenvalue weighted by Crippen LogP contribution is 2.28. The Bertz CT molecular complexity index is 787. The second-order valence-electron chi connectivity index (χ2n) is 7.66. The fraction of sp³-hybridized carbons (Fsp3) is 0.765. The average Bonchev–Trinajstić information content (AvgIpc) is 3.11. The molecule has 0 bridgehead atoms. The van der Waals surface area contributed by atoms with E-state index in [0.29, 0.717) is 54.9 Å². The Labute approximate surface area is 155 Å². The van der Waals surface area contributed by atoms with Gasteiger partial charge in [-0.2, -0.15) is 9.40 Å². The summed E-state index contributed by atoms with van der Waals surface area (Å²) in [6.07, 6.45) is 1.59. The topological polar surface area (TPSA) is 87.5 Å². The number of urea groups is 1. The lowest BCUT2D eigenvalue weighted by atomic mass is 10.1. The molecule has 0 aliphatic carbocycles. The van der Waals surface area contributed by atoms with Crippen LogP contribution >= 0.6 is 0 Å². The summed E-state index contributed by atoms with van der Waals surface area (Å²) in [6.45, 7) is 10.5. The minimum atomic E-state index is -3.63. The number of hydrogen-bond acceptors (Lipinski definition) is 4. The van der Waals surface area contributed by atoms with Crippen molar-refractivity contribution in [3.8, 4) is 0 Å². The first-order valence-corrected chi connectivity index (χ1v) is 10.7. The quantitative estimate of drug-likeness (QED) is 0.831. The van der Waals surface area contributed by atoms with Gasteiger partial charge in [0.2, 0.25) is 10.0 Å². The van der Waals surface area contributed by atoms with Crippen LogP contribution in [0.1, 0.15) is 38.1 Å². The number of aryl methyl sites for hydroxylation is 1. The maximum Gasteiger partial charge on any atom is 0.317 e. The van der Waals surface area contributed by atoms with Crippen LogP contribution in [0.15, 0.2) is 4.90 Å². The van der Waals surface area contributed by atoms with Crippen molar-refractivity contribution >= 4 is 16.1 Å². The molecule has 0 aromatic carbocycles. The van der Waals surface area contributed by atoms with E-state index in [1.807, 2.05) is 6.92 Å². The van der Waals surface area contributed by atoms with Gasteiger partial charge in [-0.25, -0.2) is 13.2 Å². The Morgan fingerprint density at radius 1 is 1.27 bits per heavy atom. The number of sulfonamides is 1. The molecular formula is C17H29N5O3S. The molecule has 1 atom stereocenters. The first-order valence-electron chi connectivity index (χ1n) is 9.30. The van der Waals surface area contributed by atoms with E-state index in [0.717, 1.165) is 12.8 Å². The van der Waals surface area contributed by atoms with Crippen LogP contribution in [0.2, 0.25) is 0 Å². The molecule has 2 aliphatic heterocycles. The molecule has 146 valence electrons. The second-order valence-corrected chi connectivity index (χ2v) is 9.54. The summed E-state index contributed by atoms with van der Waals surface area (Å²) in [6, 6.07) is -0.154. The molecule has 9 heteroatoms.